The van der Waals surface area contributed by atoms with Crippen LogP contribution in [0.1, 0.15) is 22.5 Å². The van der Waals surface area contributed by atoms with E-state index in [1.54, 1.807) is 6.92 Å². The average Bonchev–Trinajstić information content (AvgIpc) is 2.83. The van der Waals surface area contributed by atoms with Gasteiger partial charge in [-0.1, -0.05) is 5.16 Å². The molecule has 0 spiro atoms. The Labute approximate surface area is 126 Å². The van der Waals surface area contributed by atoms with Crippen LogP contribution in [0.3, 0.4) is 0 Å². The van der Waals surface area contributed by atoms with Gasteiger partial charge in [0.15, 0.2) is 16.6 Å². The monoisotopic (exact) mass is 327 g/mol. The van der Waals surface area contributed by atoms with Gasteiger partial charge in [0.2, 0.25) is 0 Å². The smallest absolute Gasteiger partial charge is 0.189 e. The Hall–Kier alpha value is -1.93. The van der Waals surface area contributed by atoms with Crippen LogP contribution in [0.4, 0.5) is 4.39 Å². The van der Waals surface area contributed by atoms with Gasteiger partial charge in [0, 0.05) is 16.7 Å². The summed E-state index contributed by atoms with van der Waals surface area (Å²) in [7, 11) is -3.52. The summed E-state index contributed by atoms with van der Waals surface area (Å²) < 4.78 is 53.6. The van der Waals surface area contributed by atoms with E-state index in [1.807, 2.05) is 0 Å². The fourth-order valence-electron chi connectivity index (χ4n) is 2.35. The first kappa shape index (κ1) is 15.0. The first-order valence-corrected chi connectivity index (χ1v) is 8.39. The minimum atomic E-state index is -3.52. The number of ether oxygens (including phenoxy) is 2. The first-order chi connectivity index (χ1) is 10.4. The minimum absolute atomic E-state index is 0.0242. The molecule has 118 valence electrons. The molecule has 1 aromatic heterocycles. The molecule has 1 aliphatic heterocycles. The van der Waals surface area contributed by atoms with Gasteiger partial charge in [-0.15, -0.1) is 0 Å². The van der Waals surface area contributed by atoms with Gasteiger partial charge in [0.05, 0.1) is 24.3 Å². The molecule has 2 heterocycles. The lowest BCUT2D eigenvalue weighted by Crippen LogP contribution is -2.16. The van der Waals surface area contributed by atoms with Crippen LogP contribution in [0.25, 0.3) is 0 Å². The summed E-state index contributed by atoms with van der Waals surface area (Å²) in [6.45, 7) is 1.86. The predicted molar refractivity (Wildman–Crippen MR) is 74.3 cm³/mol. The quantitative estimate of drug-likeness (QED) is 0.856. The van der Waals surface area contributed by atoms with Crippen LogP contribution in [0, 0.1) is 12.7 Å². The summed E-state index contributed by atoms with van der Waals surface area (Å²) in [4.78, 5) is 0. The topological polar surface area (TPSA) is 78.6 Å². The molecule has 0 amide bonds. The largest absolute Gasteiger partial charge is 0.467 e. The van der Waals surface area contributed by atoms with E-state index in [0.29, 0.717) is 28.2 Å². The van der Waals surface area contributed by atoms with Gasteiger partial charge in [0.1, 0.15) is 17.3 Å². The summed E-state index contributed by atoms with van der Waals surface area (Å²) in [5.74, 6) is -0.214. The standard InChI is InChI=1S/C14H14FNO5S/c1-9-12(4-16-21-9)7-22(17,18)6-11-3-13(15)2-10-5-19-8-20-14(10)11/h2-4H,5-8H2,1H3. The molecule has 6 nitrogen and oxygen atoms in total. The maximum absolute atomic E-state index is 13.6. The molecular weight excluding hydrogens is 313 g/mol. The molecule has 0 atom stereocenters. The molecule has 3 rings (SSSR count). The van der Waals surface area contributed by atoms with Crippen molar-refractivity contribution in [1.29, 1.82) is 0 Å². The number of nitrogens with zero attached hydrogens (tertiary/aromatic N) is 1. The van der Waals surface area contributed by atoms with Gasteiger partial charge in [0.25, 0.3) is 0 Å². The number of sulfone groups is 1. The maximum atomic E-state index is 13.6. The van der Waals surface area contributed by atoms with Crippen LogP contribution < -0.4 is 4.74 Å². The number of hydrogen-bond donors (Lipinski definition) is 0. The lowest BCUT2D eigenvalue weighted by Gasteiger charge is -2.20. The Morgan fingerprint density at radius 2 is 2.05 bits per heavy atom. The van der Waals surface area contributed by atoms with Gasteiger partial charge in [-0.3, -0.25) is 0 Å². The van der Waals surface area contributed by atoms with Gasteiger partial charge < -0.3 is 14.0 Å². The Balaban J connectivity index is 1.89. The van der Waals surface area contributed by atoms with Gasteiger partial charge in [-0.05, 0) is 19.1 Å². The van der Waals surface area contributed by atoms with Crippen molar-refractivity contribution in [1.82, 2.24) is 5.16 Å². The molecule has 0 radical (unpaired) electrons. The lowest BCUT2D eigenvalue weighted by molar-refractivity contribution is -0.0171. The number of aromatic nitrogens is 1. The molecule has 22 heavy (non-hydrogen) atoms. The molecule has 0 unspecified atom stereocenters. The third kappa shape index (κ3) is 3.12. The zero-order valence-corrected chi connectivity index (χ0v) is 12.7. The molecule has 0 saturated heterocycles. The lowest BCUT2D eigenvalue weighted by atomic mass is 10.1. The van der Waals surface area contributed by atoms with Crippen molar-refractivity contribution < 1.29 is 26.8 Å². The number of fused-ring (bicyclic) bond motifs is 1. The molecule has 0 fully saturated rings. The molecule has 1 aliphatic rings. The Morgan fingerprint density at radius 3 is 2.77 bits per heavy atom. The minimum Gasteiger partial charge on any atom is -0.467 e. The van der Waals surface area contributed by atoms with Crippen molar-refractivity contribution >= 4 is 9.84 Å². The highest BCUT2D eigenvalue weighted by Crippen LogP contribution is 2.31. The van der Waals surface area contributed by atoms with Crippen molar-refractivity contribution in [2.45, 2.75) is 25.0 Å². The Morgan fingerprint density at radius 1 is 1.27 bits per heavy atom. The van der Waals surface area contributed by atoms with Crippen LogP contribution >= 0.6 is 0 Å². The Bertz CT molecular complexity index is 800. The SMILES string of the molecule is Cc1oncc1CS(=O)(=O)Cc1cc(F)cc2c1OCOC2. The number of rotatable bonds is 4. The van der Waals surface area contributed by atoms with Crippen molar-refractivity contribution in [3.8, 4) is 5.75 Å². The van der Waals surface area contributed by atoms with E-state index in [1.165, 1.54) is 18.3 Å². The second kappa shape index (κ2) is 5.69. The van der Waals surface area contributed by atoms with Crippen LogP contribution in [-0.2, 0) is 32.7 Å². The predicted octanol–water partition coefficient (Wildman–Crippen LogP) is 2.10. The molecule has 1 aromatic carbocycles. The van der Waals surface area contributed by atoms with Gasteiger partial charge in [-0.2, -0.15) is 0 Å². The first-order valence-electron chi connectivity index (χ1n) is 6.57. The van der Waals surface area contributed by atoms with Crippen LogP contribution in [0.5, 0.6) is 5.75 Å². The summed E-state index contributed by atoms with van der Waals surface area (Å²) in [6, 6.07) is 2.47. The molecule has 2 aromatic rings. The molecule has 0 bridgehead atoms. The second-order valence-corrected chi connectivity index (χ2v) is 7.17. The van der Waals surface area contributed by atoms with Crippen molar-refractivity contribution in [2.24, 2.45) is 0 Å². The van der Waals surface area contributed by atoms with Gasteiger partial charge >= 0.3 is 0 Å². The maximum Gasteiger partial charge on any atom is 0.189 e. The molecule has 0 saturated carbocycles. The third-order valence-corrected chi connectivity index (χ3v) is 4.85. The molecule has 8 heteroatoms. The van der Waals surface area contributed by atoms with E-state index >= 15 is 0 Å². The summed E-state index contributed by atoms with van der Waals surface area (Å²) in [6.07, 6.45) is 1.37. The van der Waals surface area contributed by atoms with Crippen LogP contribution in [0.2, 0.25) is 0 Å². The fraction of sp³-hybridized carbons (Fsp3) is 0.357. The molecule has 0 aliphatic carbocycles. The normalized spacial score (nSPS) is 14.5. The van der Waals surface area contributed by atoms with Crippen molar-refractivity contribution in [3.63, 3.8) is 0 Å². The zero-order valence-electron chi connectivity index (χ0n) is 11.8. The van der Waals surface area contributed by atoms with Crippen molar-refractivity contribution in [2.75, 3.05) is 6.79 Å². The van der Waals surface area contributed by atoms with E-state index in [-0.39, 0.29) is 24.9 Å². The third-order valence-electron chi connectivity index (χ3n) is 3.35. The van der Waals surface area contributed by atoms with Crippen molar-refractivity contribution in [3.05, 3.63) is 46.6 Å². The van der Waals surface area contributed by atoms with E-state index in [2.05, 4.69) is 5.16 Å². The molecule has 0 N–H and O–H groups in total. The second-order valence-electron chi connectivity index (χ2n) is 5.10. The van der Waals surface area contributed by atoms with Crippen LogP contribution in [0.15, 0.2) is 22.9 Å². The highest BCUT2D eigenvalue weighted by molar-refractivity contribution is 7.89. The number of hydrogen-bond acceptors (Lipinski definition) is 6. The fourth-order valence-corrected chi connectivity index (χ4v) is 3.89. The summed E-state index contributed by atoms with van der Waals surface area (Å²) in [5.41, 5.74) is 1.31. The number of benzene rings is 1. The summed E-state index contributed by atoms with van der Waals surface area (Å²) >= 11 is 0. The van der Waals surface area contributed by atoms with E-state index in [4.69, 9.17) is 14.0 Å². The summed E-state index contributed by atoms with van der Waals surface area (Å²) in [5, 5.41) is 3.56. The highest BCUT2D eigenvalue weighted by Gasteiger charge is 2.23. The average molecular weight is 327 g/mol. The van der Waals surface area contributed by atoms with E-state index < -0.39 is 15.7 Å². The van der Waals surface area contributed by atoms with Crippen LogP contribution in [-0.4, -0.2) is 20.4 Å². The Kier molecular flexibility index (Phi) is 3.88. The zero-order chi connectivity index (χ0) is 15.7. The van der Waals surface area contributed by atoms with E-state index in [0.717, 1.165) is 0 Å². The molecular formula is C14H14FNO5S. The number of halogens is 1. The van der Waals surface area contributed by atoms with Gasteiger partial charge in [-0.25, -0.2) is 12.8 Å². The highest BCUT2D eigenvalue weighted by atomic mass is 32.2. The van der Waals surface area contributed by atoms with E-state index in [9.17, 15) is 12.8 Å². The number of aryl methyl sites for hydroxylation is 1.